The highest BCUT2D eigenvalue weighted by atomic mass is 16.5. The molecular formula is C34H26O. The molecule has 0 spiro atoms. The Morgan fingerprint density at radius 1 is 0.429 bits per heavy atom. The molecule has 0 aliphatic rings. The van der Waals surface area contributed by atoms with E-state index in [4.69, 9.17) is 4.74 Å². The van der Waals surface area contributed by atoms with Gasteiger partial charge in [0.2, 0.25) is 0 Å². The fourth-order valence-electron chi connectivity index (χ4n) is 4.93. The van der Waals surface area contributed by atoms with E-state index in [-0.39, 0.29) is 0 Å². The number of hydrogen-bond donors (Lipinski definition) is 0. The maximum absolute atomic E-state index is 5.68. The van der Waals surface area contributed by atoms with Crippen LogP contribution in [0.3, 0.4) is 0 Å². The van der Waals surface area contributed by atoms with Crippen molar-refractivity contribution in [2.75, 3.05) is 0 Å². The molecule has 0 fully saturated rings. The van der Waals surface area contributed by atoms with Gasteiger partial charge in [0.25, 0.3) is 0 Å². The van der Waals surface area contributed by atoms with Gasteiger partial charge >= 0.3 is 0 Å². The third-order valence-corrected chi connectivity index (χ3v) is 6.70. The maximum atomic E-state index is 5.68. The fraction of sp³-hybridized carbons (Fsp3) is 0.0588. The molecule has 6 aromatic carbocycles. The third-order valence-electron chi connectivity index (χ3n) is 6.70. The standard InChI is InChI=1S/C34H26O/c1-3-11-29-23-33-25(13-5-15-31(33)21-27(29)9-1)17-7-19-35-20-8-18-26-14-6-16-32-22-28-10-2-4-12-30(28)24-34(26)32/h1-16,19-24H,17-18H2. The van der Waals surface area contributed by atoms with E-state index in [1.807, 2.05) is 0 Å². The fourth-order valence-corrected chi connectivity index (χ4v) is 4.93. The molecule has 0 aliphatic carbocycles. The van der Waals surface area contributed by atoms with Gasteiger partial charge in [-0.1, -0.05) is 84.9 Å². The molecule has 35 heavy (non-hydrogen) atoms. The Hall–Kier alpha value is -4.36. The summed E-state index contributed by atoms with van der Waals surface area (Å²) in [5, 5.41) is 10.3. The number of benzene rings is 6. The van der Waals surface area contributed by atoms with Crippen molar-refractivity contribution < 1.29 is 4.74 Å². The van der Waals surface area contributed by atoms with Gasteiger partial charge < -0.3 is 4.74 Å². The van der Waals surface area contributed by atoms with Gasteiger partial charge in [0.15, 0.2) is 0 Å². The SMILES string of the molecule is C(=COC=CCc1cccc2cc3ccccc3cc12)Cc1cccc2cc3ccccc3cc12. The zero-order valence-electron chi connectivity index (χ0n) is 19.5. The Kier molecular flexibility index (Phi) is 5.74. The molecule has 0 N–H and O–H groups in total. The van der Waals surface area contributed by atoms with E-state index < -0.39 is 0 Å². The monoisotopic (exact) mass is 450 g/mol. The van der Waals surface area contributed by atoms with Gasteiger partial charge in [-0.25, -0.2) is 0 Å². The Labute approximate surface area is 205 Å². The van der Waals surface area contributed by atoms with Gasteiger partial charge in [-0.3, -0.25) is 0 Å². The minimum atomic E-state index is 0.833. The van der Waals surface area contributed by atoms with E-state index in [2.05, 4.69) is 121 Å². The summed E-state index contributed by atoms with van der Waals surface area (Å²) in [6.45, 7) is 0. The zero-order chi connectivity index (χ0) is 23.5. The summed E-state index contributed by atoms with van der Waals surface area (Å²) in [6, 6.07) is 39.2. The van der Waals surface area contributed by atoms with Crippen molar-refractivity contribution in [3.05, 3.63) is 145 Å². The smallest absolute Gasteiger partial charge is 0.0864 e. The van der Waals surface area contributed by atoms with E-state index in [0.717, 1.165) is 12.8 Å². The van der Waals surface area contributed by atoms with Crippen LogP contribution in [0, 0.1) is 0 Å². The van der Waals surface area contributed by atoms with E-state index in [1.54, 1.807) is 12.5 Å². The first-order valence-corrected chi connectivity index (χ1v) is 12.1. The lowest BCUT2D eigenvalue weighted by molar-refractivity contribution is 0.400. The quantitative estimate of drug-likeness (QED) is 0.182. The molecule has 168 valence electrons. The van der Waals surface area contributed by atoms with Crippen molar-refractivity contribution in [1.82, 2.24) is 0 Å². The van der Waals surface area contributed by atoms with Crippen molar-refractivity contribution in [3.8, 4) is 0 Å². The van der Waals surface area contributed by atoms with Gasteiger partial charge in [-0.15, -0.1) is 0 Å². The average Bonchev–Trinajstić information content (AvgIpc) is 2.90. The molecule has 6 aromatic rings. The van der Waals surface area contributed by atoms with Gasteiger partial charge in [0.1, 0.15) is 0 Å². The number of hydrogen-bond acceptors (Lipinski definition) is 1. The highest BCUT2D eigenvalue weighted by Crippen LogP contribution is 2.27. The molecule has 0 heterocycles. The molecule has 0 amide bonds. The second-order valence-electron chi connectivity index (χ2n) is 8.96. The molecular weight excluding hydrogens is 424 g/mol. The molecule has 0 radical (unpaired) electrons. The van der Waals surface area contributed by atoms with Crippen molar-refractivity contribution in [1.29, 1.82) is 0 Å². The number of fused-ring (bicyclic) bond motifs is 4. The molecule has 0 saturated carbocycles. The predicted molar refractivity (Wildman–Crippen MR) is 150 cm³/mol. The van der Waals surface area contributed by atoms with Crippen molar-refractivity contribution in [2.24, 2.45) is 0 Å². The van der Waals surface area contributed by atoms with Crippen molar-refractivity contribution >= 4 is 43.1 Å². The van der Waals surface area contributed by atoms with Crippen LogP contribution >= 0.6 is 0 Å². The van der Waals surface area contributed by atoms with E-state index in [0.29, 0.717) is 0 Å². The lowest BCUT2D eigenvalue weighted by Gasteiger charge is -2.07. The Balaban J connectivity index is 1.13. The average molecular weight is 451 g/mol. The molecule has 0 aromatic heterocycles. The maximum Gasteiger partial charge on any atom is 0.0864 e. The van der Waals surface area contributed by atoms with Crippen LogP contribution in [-0.2, 0) is 17.6 Å². The summed E-state index contributed by atoms with van der Waals surface area (Å²) in [6.07, 6.45) is 9.40. The van der Waals surface area contributed by atoms with E-state index >= 15 is 0 Å². The first-order chi connectivity index (χ1) is 17.3. The van der Waals surface area contributed by atoms with Gasteiger partial charge in [-0.05, 0) is 103 Å². The summed E-state index contributed by atoms with van der Waals surface area (Å²) >= 11 is 0. The predicted octanol–water partition coefficient (Wildman–Crippen LogP) is 9.13. The second kappa shape index (κ2) is 9.48. The van der Waals surface area contributed by atoms with Gasteiger partial charge in [-0.2, -0.15) is 0 Å². The summed E-state index contributed by atoms with van der Waals surface area (Å²) in [5.74, 6) is 0. The number of allylic oxidation sites excluding steroid dienone is 2. The molecule has 0 unspecified atom stereocenters. The van der Waals surface area contributed by atoms with Gasteiger partial charge in [0, 0.05) is 0 Å². The topological polar surface area (TPSA) is 9.23 Å². The Morgan fingerprint density at radius 3 is 1.29 bits per heavy atom. The van der Waals surface area contributed by atoms with Crippen LogP contribution < -0.4 is 0 Å². The van der Waals surface area contributed by atoms with Crippen LogP contribution in [0.4, 0.5) is 0 Å². The zero-order valence-corrected chi connectivity index (χ0v) is 19.5. The van der Waals surface area contributed by atoms with Crippen LogP contribution in [0.5, 0.6) is 0 Å². The third kappa shape index (κ3) is 4.41. The number of rotatable bonds is 6. The summed E-state index contributed by atoms with van der Waals surface area (Å²) in [5.41, 5.74) is 2.61. The summed E-state index contributed by atoms with van der Waals surface area (Å²) < 4.78 is 5.68. The molecule has 0 atom stereocenters. The summed E-state index contributed by atoms with van der Waals surface area (Å²) in [7, 11) is 0. The second-order valence-corrected chi connectivity index (χ2v) is 8.96. The molecule has 1 heteroatoms. The molecule has 0 aliphatic heterocycles. The minimum Gasteiger partial charge on any atom is -0.473 e. The van der Waals surface area contributed by atoms with E-state index in [1.165, 1.54) is 54.2 Å². The van der Waals surface area contributed by atoms with E-state index in [9.17, 15) is 0 Å². The minimum absolute atomic E-state index is 0.833. The van der Waals surface area contributed by atoms with Crippen molar-refractivity contribution in [2.45, 2.75) is 12.8 Å². The van der Waals surface area contributed by atoms with Crippen LogP contribution in [-0.4, -0.2) is 0 Å². The van der Waals surface area contributed by atoms with Crippen LogP contribution in [0.1, 0.15) is 11.1 Å². The Bertz CT molecular complexity index is 1590. The normalized spacial score (nSPS) is 12.0. The van der Waals surface area contributed by atoms with Gasteiger partial charge in [0.05, 0.1) is 12.5 Å². The van der Waals surface area contributed by atoms with Crippen molar-refractivity contribution in [3.63, 3.8) is 0 Å². The molecule has 0 bridgehead atoms. The first-order valence-electron chi connectivity index (χ1n) is 12.1. The lowest BCUT2D eigenvalue weighted by atomic mass is 9.98. The Morgan fingerprint density at radius 2 is 0.829 bits per heavy atom. The highest BCUT2D eigenvalue weighted by Gasteiger charge is 2.03. The molecule has 0 saturated heterocycles. The van der Waals surface area contributed by atoms with Crippen LogP contribution in [0.2, 0.25) is 0 Å². The largest absolute Gasteiger partial charge is 0.473 e. The van der Waals surface area contributed by atoms with Crippen LogP contribution in [0.15, 0.2) is 134 Å². The van der Waals surface area contributed by atoms with Crippen LogP contribution in [0.25, 0.3) is 43.1 Å². The molecule has 1 nitrogen and oxygen atoms in total. The molecule has 6 rings (SSSR count). The first kappa shape index (κ1) is 21.2. The number of ether oxygens (including phenoxy) is 1. The highest BCUT2D eigenvalue weighted by molar-refractivity contribution is 6.00. The lowest BCUT2D eigenvalue weighted by Crippen LogP contribution is -1.86. The summed E-state index contributed by atoms with van der Waals surface area (Å²) in [4.78, 5) is 0.